The average Bonchev–Trinajstić information content (AvgIpc) is 2.36. The Morgan fingerprint density at radius 1 is 1.33 bits per heavy atom. The number of nitriles is 1. The van der Waals surface area contributed by atoms with Crippen LogP contribution in [0.3, 0.4) is 0 Å². The minimum absolute atomic E-state index is 0.0481. The molecule has 5 nitrogen and oxygen atoms in total. The molecule has 7 heteroatoms. The van der Waals surface area contributed by atoms with Crippen molar-refractivity contribution in [2.45, 2.75) is 11.8 Å². The van der Waals surface area contributed by atoms with Crippen LogP contribution in [0, 0.1) is 11.3 Å². The zero-order chi connectivity index (χ0) is 13.8. The normalized spacial score (nSPS) is 12.3. The lowest BCUT2D eigenvalue weighted by Crippen LogP contribution is -2.21. The quantitative estimate of drug-likeness (QED) is 0.853. The number of nitrogens with zero attached hydrogens (tertiary/aromatic N) is 1. The predicted octanol–water partition coefficient (Wildman–Crippen LogP) is 1.53. The van der Waals surface area contributed by atoms with Crippen LogP contribution in [0.25, 0.3) is 0 Å². The van der Waals surface area contributed by atoms with E-state index < -0.39 is 25.8 Å². The van der Waals surface area contributed by atoms with Gasteiger partial charge in [0, 0.05) is 6.92 Å². The molecule has 0 fully saturated rings. The first-order chi connectivity index (χ1) is 8.39. The molecule has 0 bridgehead atoms. The van der Waals surface area contributed by atoms with Crippen LogP contribution in [0.15, 0.2) is 45.3 Å². The highest BCUT2D eigenvalue weighted by molar-refractivity contribution is 7.97. The van der Waals surface area contributed by atoms with Gasteiger partial charge in [0.25, 0.3) is 0 Å². The molecule has 0 aliphatic heterocycles. The van der Waals surface area contributed by atoms with Gasteiger partial charge < -0.3 is 5.32 Å². The third kappa shape index (κ3) is 3.09. The number of nitrogens with one attached hydrogen (secondary N) is 1. The molecule has 0 atom stereocenters. The number of halogens is 1. The van der Waals surface area contributed by atoms with E-state index >= 15 is 0 Å². The van der Waals surface area contributed by atoms with Gasteiger partial charge in [-0.2, -0.15) is 5.26 Å². The summed E-state index contributed by atoms with van der Waals surface area (Å²) in [5.74, 6) is -0.576. The van der Waals surface area contributed by atoms with E-state index in [1.54, 1.807) is 12.1 Å². The summed E-state index contributed by atoms with van der Waals surface area (Å²) in [5.41, 5.74) is -0.493. The number of hydrogen-bond acceptors (Lipinski definition) is 4. The standard InChI is InChI=1S/C11H9ClN2O3S/c1-8(15)14-10(7-13)11(12)18(16,17)9-5-3-2-4-6-9/h2-6H,1H3,(H,14,15)/b11-10-. The number of sulfone groups is 1. The second-order valence-electron chi connectivity index (χ2n) is 3.26. The largest absolute Gasteiger partial charge is 0.316 e. The fourth-order valence-corrected chi connectivity index (χ4v) is 2.58. The maximum Gasteiger partial charge on any atom is 0.221 e. The van der Waals surface area contributed by atoms with E-state index in [2.05, 4.69) is 5.32 Å². The third-order valence-electron chi connectivity index (χ3n) is 1.90. The van der Waals surface area contributed by atoms with E-state index in [-0.39, 0.29) is 4.90 Å². The molecule has 0 aliphatic carbocycles. The van der Waals surface area contributed by atoms with Crippen molar-refractivity contribution in [2.75, 3.05) is 0 Å². The SMILES string of the molecule is CC(=O)N/C(C#N)=C(/Cl)S(=O)(=O)c1ccccc1. The van der Waals surface area contributed by atoms with Gasteiger partial charge >= 0.3 is 0 Å². The maximum absolute atomic E-state index is 12.0. The zero-order valence-corrected chi connectivity index (χ0v) is 10.9. The van der Waals surface area contributed by atoms with E-state index in [0.717, 1.165) is 6.92 Å². The highest BCUT2D eigenvalue weighted by Gasteiger charge is 2.23. The van der Waals surface area contributed by atoms with Crippen LogP contribution < -0.4 is 5.32 Å². The summed E-state index contributed by atoms with van der Waals surface area (Å²) in [6.07, 6.45) is 0. The number of benzene rings is 1. The van der Waals surface area contributed by atoms with Crippen LogP contribution in [-0.4, -0.2) is 14.3 Å². The Kier molecular flexibility index (Phi) is 4.48. The monoisotopic (exact) mass is 284 g/mol. The molecule has 0 aromatic heterocycles. The van der Waals surface area contributed by atoms with Gasteiger partial charge in [-0.15, -0.1) is 0 Å². The van der Waals surface area contributed by atoms with Gasteiger partial charge in [-0.1, -0.05) is 29.8 Å². The van der Waals surface area contributed by atoms with Gasteiger partial charge in [-0.3, -0.25) is 4.79 Å². The van der Waals surface area contributed by atoms with Gasteiger partial charge in [-0.05, 0) is 12.1 Å². The molecular formula is C11H9ClN2O3S. The van der Waals surface area contributed by atoms with Gasteiger partial charge in [0.15, 0.2) is 10.1 Å². The van der Waals surface area contributed by atoms with Gasteiger partial charge in [0.05, 0.1) is 4.90 Å². The summed E-state index contributed by atoms with van der Waals surface area (Å²) in [4.78, 5) is 10.8. The van der Waals surface area contributed by atoms with Gasteiger partial charge in [-0.25, -0.2) is 8.42 Å². The molecule has 94 valence electrons. The van der Waals surface area contributed by atoms with Crippen LogP contribution in [0.5, 0.6) is 0 Å². The molecule has 1 N–H and O–H groups in total. The van der Waals surface area contributed by atoms with Crippen LogP contribution >= 0.6 is 11.6 Å². The lowest BCUT2D eigenvalue weighted by molar-refractivity contribution is -0.118. The zero-order valence-electron chi connectivity index (χ0n) is 9.34. The smallest absolute Gasteiger partial charge is 0.221 e. The summed E-state index contributed by atoms with van der Waals surface area (Å²) in [6, 6.07) is 8.95. The van der Waals surface area contributed by atoms with E-state index in [1.807, 2.05) is 0 Å². The Bertz CT molecular complexity index is 630. The summed E-state index contributed by atoms with van der Waals surface area (Å²) in [7, 11) is -3.99. The van der Waals surface area contributed by atoms with Crippen molar-refractivity contribution in [1.82, 2.24) is 5.32 Å². The first kappa shape index (κ1) is 14.2. The third-order valence-corrected chi connectivity index (χ3v) is 4.27. The predicted molar refractivity (Wildman–Crippen MR) is 65.9 cm³/mol. The fraction of sp³-hybridized carbons (Fsp3) is 0.0909. The molecule has 1 aromatic rings. The summed E-state index contributed by atoms with van der Waals surface area (Å²) < 4.78 is 23.3. The van der Waals surface area contributed by atoms with Crippen molar-refractivity contribution >= 4 is 27.3 Å². The average molecular weight is 285 g/mol. The van der Waals surface area contributed by atoms with Crippen LogP contribution in [0.1, 0.15) is 6.92 Å². The Balaban J connectivity index is 3.33. The fourth-order valence-electron chi connectivity index (χ4n) is 1.13. The Hall–Kier alpha value is -1.84. The minimum Gasteiger partial charge on any atom is -0.316 e. The lowest BCUT2D eigenvalue weighted by Gasteiger charge is -2.05. The number of carbonyl (C=O) groups is 1. The Labute approximate surface area is 110 Å². The molecule has 18 heavy (non-hydrogen) atoms. The van der Waals surface area contributed by atoms with E-state index in [9.17, 15) is 13.2 Å². The van der Waals surface area contributed by atoms with Crippen LogP contribution in [0.4, 0.5) is 0 Å². The van der Waals surface area contributed by atoms with Crippen molar-refractivity contribution in [3.8, 4) is 6.07 Å². The first-order valence-electron chi connectivity index (χ1n) is 4.77. The number of amides is 1. The molecule has 1 rings (SSSR count). The topological polar surface area (TPSA) is 87.0 Å². The molecule has 0 aliphatic rings. The van der Waals surface area contributed by atoms with Gasteiger partial charge in [0.2, 0.25) is 15.7 Å². The summed E-state index contributed by atoms with van der Waals surface area (Å²) in [5, 5.41) is 10.9. The van der Waals surface area contributed by atoms with E-state index in [0.29, 0.717) is 0 Å². The summed E-state index contributed by atoms with van der Waals surface area (Å²) in [6.45, 7) is 1.15. The second-order valence-corrected chi connectivity index (χ2v) is 5.75. The molecule has 0 heterocycles. The van der Waals surface area contributed by atoms with Crippen molar-refractivity contribution in [2.24, 2.45) is 0 Å². The highest BCUT2D eigenvalue weighted by Crippen LogP contribution is 2.23. The van der Waals surface area contributed by atoms with Crippen molar-refractivity contribution in [3.63, 3.8) is 0 Å². The molecule has 1 aromatic carbocycles. The first-order valence-corrected chi connectivity index (χ1v) is 6.63. The van der Waals surface area contributed by atoms with Crippen molar-refractivity contribution < 1.29 is 13.2 Å². The number of rotatable bonds is 3. The number of allylic oxidation sites excluding steroid dienone is 1. The molecule has 0 saturated carbocycles. The molecule has 0 unspecified atom stereocenters. The summed E-state index contributed by atoms with van der Waals surface area (Å²) >= 11 is 5.67. The van der Waals surface area contributed by atoms with Crippen LogP contribution in [0.2, 0.25) is 0 Å². The minimum atomic E-state index is -3.99. The van der Waals surface area contributed by atoms with E-state index in [4.69, 9.17) is 16.9 Å². The second kappa shape index (κ2) is 5.67. The maximum atomic E-state index is 12.0. The van der Waals surface area contributed by atoms with Crippen LogP contribution in [-0.2, 0) is 14.6 Å². The molecular weight excluding hydrogens is 276 g/mol. The Morgan fingerprint density at radius 3 is 2.33 bits per heavy atom. The van der Waals surface area contributed by atoms with E-state index in [1.165, 1.54) is 24.3 Å². The molecule has 0 radical (unpaired) electrons. The molecule has 1 amide bonds. The van der Waals surface area contributed by atoms with Crippen molar-refractivity contribution in [3.05, 3.63) is 40.4 Å². The Morgan fingerprint density at radius 2 is 1.89 bits per heavy atom. The number of hydrogen-bond donors (Lipinski definition) is 1. The molecule has 0 spiro atoms. The highest BCUT2D eigenvalue weighted by atomic mass is 35.5. The van der Waals surface area contributed by atoms with Gasteiger partial charge in [0.1, 0.15) is 6.07 Å². The van der Waals surface area contributed by atoms with Crippen molar-refractivity contribution in [1.29, 1.82) is 5.26 Å². The number of carbonyl (C=O) groups excluding carboxylic acids is 1. The lowest BCUT2D eigenvalue weighted by atomic mass is 10.4. The molecule has 0 saturated heterocycles.